The van der Waals surface area contributed by atoms with Crippen LogP contribution in [0.2, 0.25) is 5.02 Å². The summed E-state index contributed by atoms with van der Waals surface area (Å²) in [6.07, 6.45) is -0.431. The van der Waals surface area contributed by atoms with Gasteiger partial charge in [0.1, 0.15) is 0 Å². The number of hydrogen-bond acceptors (Lipinski definition) is 5. The summed E-state index contributed by atoms with van der Waals surface area (Å²) in [6.45, 7) is 1.64. The molecule has 124 valence electrons. The Morgan fingerprint density at radius 1 is 1.43 bits per heavy atom. The molecule has 1 aromatic heterocycles. The Morgan fingerprint density at radius 3 is 2.96 bits per heavy atom. The number of nitrogens with one attached hydrogen (secondary N) is 2. The van der Waals surface area contributed by atoms with Gasteiger partial charge in [-0.1, -0.05) is 28.9 Å². The quantitative estimate of drug-likeness (QED) is 0.775. The van der Waals surface area contributed by atoms with Crippen molar-refractivity contribution in [2.24, 2.45) is 5.92 Å². The lowest BCUT2D eigenvalue weighted by atomic mass is 10.1. The molecule has 2 unspecified atom stereocenters. The summed E-state index contributed by atoms with van der Waals surface area (Å²) in [6, 6.07) is 8.70. The summed E-state index contributed by atoms with van der Waals surface area (Å²) in [5.41, 5.74) is 0.963. The highest BCUT2D eigenvalue weighted by atomic mass is 35.5. The van der Waals surface area contributed by atoms with Crippen molar-refractivity contribution in [3.63, 3.8) is 0 Å². The molecule has 1 aromatic carbocycles. The Hall–Kier alpha value is -1.60. The second-order valence-electron chi connectivity index (χ2n) is 5.28. The molecule has 3 rings (SSSR count). The van der Waals surface area contributed by atoms with Crippen LogP contribution < -0.4 is 10.6 Å². The lowest BCUT2D eigenvalue weighted by molar-refractivity contribution is 0.0918. The highest BCUT2D eigenvalue weighted by Crippen LogP contribution is 2.23. The molecule has 2 aromatic rings. The second kappa shape index (κ2) is 7.79. The SMILES string of the molecule is Cl.O=C(NCC1CNCC1O)c1cc(-c2cccc(Cl)c2)on1. The molecule has 1 saturated heterocycles. The summed E-state index contributed by atoms with van der Waals surface area (Å²) in [7, 11) is 0. The van der Waals surface area contributed by atoms with Crippen LogP contribution in [0, 0.1) is 5.92 Å². The predicted molar refractivity (Wildman–Crippen MR) is 88.9 cm³/mol. The van der Waals surface area contributed by atoms with Crippen molar-refractivity contribution in [1.29, 1.82) is 0 Å². The fourth-order valence-corrected chi connectivity index (χ4v) is 2.59. The Bertz CT molecular complexity index is 677. The topological polar surface area (TPSA) is 87.4 Å². The third-order valence-corrected chi connectivity index (χ3v) is 3.92. The number of nitrogens with zero attached hydrogens (tertiary/aromatic N) is 1. The highest BCUT2D eigenvalue weighted by molar-refractivity contribution is 6.30. The largest absolute Gasteiger partial charge is 0.391 e. The molecule has 0 saturated carbocycles. The summed E-state index contributed by atoms with van der Waals surface area (Å²) in [5.74, 6) is 0.176. The van der Waals surface area contributed by atoms with E-state index in [0.29, 0.717) is 30.4 Å². The molecule has 2 atom stereocenters. The minimum absolute atomic E-state index is 0. The molecule has 23 heavy (non-hydrogen) atoms. The Kier molecular flexibility index (Phi) is 6.01. The predicted octanol–water partition coefficient (Wildman–Crippen LogP) is 1.73. The third kappa shape index (κ3) is 4.23. The number of aromatic nitrogens is 1. The van der Waals surface area contributed by atoms with E-state index in [-0.39, 0.29) is 29.9 Å². The van der Waals surface area contributed by atoms with E-state index in [4.69, 9.17) is 16.1 Å². The van der Waals surface area contributed by atoms with Crippen LogP contribution in [0.4, 0.5) is 0 Å². The molecular weight excluding hydrogens is 341 g/mol. The van der Waals surface area contributed by atoms with E-state index < -0.39 is 6.10 Å². The van der Waals surface area contributed by atoms with E-state index in [1.54, 1.807) is 24.3 Å². The van der Waals surface area contributed by atoms with E-state index in [9.17, 15) is 9.90 Å². The number of aliphatic hydroxyl groups is 1. The molecular formula is C15H17Cl2N3O3. The first kappa shape index (κ1) is 17.7. The number of hydrogen-bond donors (Lipinski definition) is 3. The zero-order valence-electron chi connectivity index (χ0n) is 12.2. The van der Waals surface area contributed by atoms with E-state index in [2.05, 4.69) is 15.8 Å². The fraction of sp³-hybridized carbons (Fsp3) is 0.333. The molecule has 1 aliphatic rings. The zero-order chi connectivity index (χ0) is 15.5. The lowest BCUT2D eigenvalue weighted by Crippen LogP contribution is -2.34. The molecule has 1 amide bonds. The normalized spacial score (nSPS) is 20.1. The summed E-state index contributed by atoms with van der Waals surface area (Å²) in [4.78, 5) is 12.1. The number of amides is 1. The van der Waals surface area contributed by atoms with E-state index in [1.165, 1.54) is 0 Å². The van der Waals surface area contributed by atoms with Gasteiger partial charge in [-0.15, -0.1) is 12.4 Å². The average Bonchev–Trinajstić information content (AvgIpc) is 3.14. The van der Waals surface area contributed by atoms with Crippen molar-refractivity contribution >= 4 is 29.9 Å². The van der Waals surface area contributed by atoms with Crippen LogP contribution >= 0.6 is 24.0 Å². The molecule has 1 fully saturated rings. The van der Waals surface area contributed by atoms with Gasteiger partial charge in [0.2, 0.25) is 0 Å². The van der Waals surface area contributed by atoms with Crippen LogP contribution in [-0.4, -0.2) is 41.9 Å². The Labute approximate surface area is 144 Å². The monoisotopic (exact) mass is 357 g/mol. The van der Waals surface area contributed by atoms with Gasteiger partial charge in [0.15, 0.2) is 11.5 Å². The Balaban J connectivity index is 0.00000192. The fourth-order valence-electron chi connectivity index (χ4n) is 2.40. The van der Waals surface area contributed by atoms with Crippen molar-refractivity contribution in [2.45, 2.75) is 6.10 Å². The molecule has 6 nitrogen and oxygen atoms in total. The van der Waals surface area contributed by atoms with Crippen LogP contribution in [0.15, 0.2) is 34.9 Å². The third-order valence-electron chi connectivity index (χ3n) is 3.68. The zero-order valence-corrected chi connectivity index (χ0v) is 13.7. The maximum Gasteiger partial charge on any atom is 0.273 e. The lowest BCUT2D eigenvalue weighted by Gasteiger charge is -2.13. The van der Waals surface area contributed by atoms with E-state index >= 15 is 0 Å². The molecule has 0 spiro atoms. The summed E-state index contributed by atoms with van der Waals surface area (Å²) < 4.78 is 5.19. The number of carbonyl (C=O) groups is 1. The molecule has 1 aliphatic heterocycles. The molecule has 0 aliphatic carbocycles. The van der Waals surface area contributed by atoms with Gasteiger partial charge in [-0.3, -0.25) is 4.79 Å². The van der Waals surface area contributed by atoms with Gasteiger partial charge in [0.05, 0.1) is 6.10 Å². The van der Waals surface area contributed by atoms with E-state index in [0.717, 1.165) is 5.56 Å². The maximum atomic E-state index is 12.1. The van der Waals surface area contributed by atoms with Crippen LogP contribution in [0.1, 0.15) is 10.5 Å². The molecule has 3 N–H and O–H groups in total. The highest BCUT2D eigenvalue weighted by Gasteiger charge is 2.25. The molecule has 2 heterocycles. The number of rotatable bonds is 4. The van der Waals surface area contributed by atoms with Crippen LogP contribution in [0.25, 0.3) is 11.3 Å². The first-order chi connectivity index (χ1) is 10.6. The maximum absolute atomic E-state index is 12.1. The first-order valence-corrected chi connectivity index (χ1v) is 7.41. The minimum atomic E-state index is -0.431. The van der Waals surface area contributed by atoms with Gasteiger partial charge in [-0.2, -0.15) is 0 Å². The summed E-state index contributed by atoms with van der Waals surface area (Å²) >= 11 is 5.93. The van der Waals surface area contributed by atoms with Crippen LogP contribution in [0.3, 0.4) is 0 Å². The van der Waals surface area contributed by atoms with Crippen LogP contribution in [-0.2, 0) is 0 Å². The van der Waals surface area contributed by atoms with Gasteiger partial charge >= 0.3 is 0 Å². The van der Waals surface area contributed by atoms with Crippen molar-refractivity contribution < 1.29 is 14.4 Å². The molecule has 0 bridgehead atoms. The number of benzene rings is 1. The molecule has 8 heteroatoms. The van der Waals surface area contributed by atoms with Gasteiger partial charge in [-0.05, 0) is 12.1 Å². The number of carbonyl (C=O) groups excluding carboxylic acids is 1. The van der Waals surface area contributed by atoms with Crippen molar-refractivity contribution in [1.82, 2.24) is 15.8 Å². The first-order valence-electron chi connectivity index (χ1n) is 7.03. The van der Waals surface area contributed by atoms with Crippen molar-refractivity contribution in [3.8, 4) is 11.3 Å². The number of β-amino-alcohol motifs (C(OH)–C–C–N with tert-alkyl or cyclic N) is 1. The minimum Gasteiger partial charge on any atom is -0.391 e. The van der Waals surface area contributed by atoms with Crippen molar-refractivity contribution in [3.05, 3.63) is 41.0 Å². The number of aliphatic hydroxyl groups excluding tert-OH is 1. The number of halogens is 2. The van der Waals surface area contributed by atoms with Gasteiger partial charge in [0.25, 0.3) is 5.91 Å². The Morgan fingerprint density at radius 2 is 2.26 bits per heavy atom. The molecule has 0 radical (unpaired) electrons. The average molecular weight is 358 g/mol. The standard InChI is InChI=1S/C15H16ClN3O3.ClH/c16-11-3-1-2-9(4-11)14-5-12(19-22-14)15(21)18-7-10-6-17-8-13(10)20;/h1-5,10,13,17,20H,6-8H2,(H,18,21);1H. The van der Waals surface area contributed by atoms with Gasteiger partial charge in [-0.25, -0.2) is 0 Å². The van der Waals surface area contributed by atoms with Crippen molar-refractivity contribution in [2.75, 3.05) is 19.6 Å². The van der Waals surface area contributed by atoms with Gasteiger partial charge in [0, 0.05) is 42.2 Å². The summed E-state index contributed by atoms with van der Waals surface area (Å²) in [5, 5.41) is 19.9. The smallest absolute Gasteiger partial charge is 0.273 e. The van der Waals surface area contributed by atoms with Gasteiger partial charge < -0.3 is 20.3 Å². The van der Waals surface area contributed by atoms with Crippen LogP contribution in [0.5, 0.6) is 0 Å². The second-order valence-corrected chi connectivity index (χ2v) is 5.72. The van der Waals surface area contributed by atoms with E-state index in [1.807, 2.05) is 6.07 Å².